The molecule has 6 nitrogen and oxygen atoms in total. The van der Waals surface area contributed by atoms with E-state index >= 15 is 0 Å². The number of thiazole rings is 1. The summed E-state index contributed by atoms with van der Waals surface area (Å²) in [7, 11) is 0. The Hall–Kier alpha value is -2.78. The third-order valence-corrected chi connectivity index (χ3v) is 5.89. The van der Waals surface area contributed by atoms with Gasteiger partial charge in [-0.2, -0.15) is 0 Å². The molecule has 4 aromatic rings. The van der Waals surface area contributed by atoms with Gasteiger partial charge < -0.3 is 9.88 Å². The number of nitrogens with zero attached hydrogens (tertiary/aromatic N) is 4. The van der Waals surface area contributed by atoms with Gasteiger partial charge in [-0.25, -0.2) is 9.37 Å². The Balaban J connectivity index is 1.44. The Bertz CT molecular complexity index is 1130. The summed E-state index contributed by atoms with van der Waals surface area (Å²) in [5.41, 5.74) is 1.64. The number of hydrogen-bond acceptors (Lipinski definition) is 6. The molecule has 0 unspecified atom stereocenters. The lowest BCUT2D eigenvalue weighted by atomic mass is 10.2. The zero-order chi connectivity index (χ0) is 19.5. The molecule has 0 bridgehead atoms. The Morgan fingerprint density at radius 1 is 1.21 bits per heavy atom. The van der Waals surface area contributed by atoms with Crippen molar-refractivity contribution in [3.8, 4) is 11.4 Å². The van der Waals surface area contributed by atoms with Gasteiger partial charge in [0.2, 0.25) is 5.91 Å². The first kappa shape index (κ1) is 18.6. The minimum Gasteiger partial charge on any atom is -0.302 e. The van der Waals surface area contributed by atoms with Crippen LogP contribution in [0, 0.1) is 5.82 Å². The van der Waals surface area contributed by atoms with Gasteiger partial charge in [0, 0.05) is 12.1 Å². The van der Waals surface area contributed by atoms with Crippen LogP contribution >= 0.6 is 23.1 Å². The van der Waals surface area contributed by atoms with Crippen LogP contribution in [0.5, 0.6) is 0 Å². The van der Waals surface area contributed by atoms with E-state index < -0.39 is 0 Å². The molecule has 0 saturated carbocycles. The number of carbonyl (C=O) groups excluding carboxylic acids is 1. The third kappa shape index (κ3) is 3.90. The molecule has 4 rings (SSSR count). The molecule has 28 heavy (non-hydrogen) atoms. The SMILES string of the molecule is CCn1c(SCC(=O)Nc2nc3ccc(F)cc3s2)nnc1-c1ccccc1. The van der Waals surface area contributed by atoms with Crippen LogP contribution in [0.15, 0.2) is 53.7 Å². The topological polar surface area (TPSA) is 72.7 Å². The first-order chi connectivity index (χ1) is 13.6. The number of anilines is 1. The van der Waals surface area contributed by atoms with Crippen LogP contribution in [-0.2, 0) is 11.3 Å². The third-order valence-electron chi connectivity index (χ3n) is 3.99. The van der Waals surface area contributed by atoms with Gasteiger partial charge in [0.05, 0.1) is 16.0 Å². The van der Waals surface area contributed by atoms with Crippen molar-refractivity contribution in [2.75, 3.05) is 11.1 Å². The predicted molar refractivity (Wildman–Crippen MR) is 110 cm³/mol. The van der Waals surface area contributed by atoms with Gasteiger partial charge in [0.25, 0.3) is 0 Å². The number of halogens is 1. The number of fused-ring (bicyclic) bond motifs is 1. The fraction of sp³-hybridized carbons (Fsp3) is 0.158. The molecule has 0 fully saturated rings. The largest absolute Gasteiger partial charge is 0.302 e. The van der Waals surface area contributed by atoms with Gasteiger partial charge in [-0.05, 0) is 25.1 Å². The van der Waals surface area contributed by atoms with Crippen LogP contribution in [0.2, 0.25) is 0 Å². The van der Waals surface area contributed by atoms with Gasteiger partial charge in [-0.15, -0.1) is 10.2 Å². The van der Waals surface area contributed by atoms with E-state index in [4.69, 9.17) is 0 Å². The number of benzene rings is 2. The van der Waals surface area contributed by atoms with E-state index in [1.54, 1.807) is 6.07 Å². The maximum absolute atomic E-state index is 13.3. The summed E-state index contributed by atoms with van der Waals surface area (Å²) in [5.74, 6) is 0.436. The van der Waals surface area contributed by atoms with Gasteiger partial charge in [0.15, 0.2) is 16.1 Å². The summed E-state index contributed by atoms with van der Waals surface area (Å²) in [6.45, 7) is 2.71. The van der Waals surface area contributed by atoms with Crippen molar-refractivity contribution < 1.29 is 9.18 Å². The first-order valence-corrected chi connectivity index (χ1v) is 10.4. The predicted octanol–water partition coefficient (Wildman–Crippen LogP) is 4.44. The van der Waals surface area contributed by atoms with Crippen LogP contribution < -0.4 is 5.32 Å². The molecule has 2 aromatic carbocycles. The van der Waals surface area contributed by atoms with Crippen LogP contribution in [0.4, 0.5) is 9.52 Å². The second kappa shape index (κ2) is 8.07. The van der Waals surface area contributed by atoms with Crippen molar-refractivity contribution in [3.05, 3.63) is 54.3 Å². The van der Waals surface area contributed by atoms with Crippen molar-refractivity contribution in [3.63, 3.8) is 0 Å². The highest BCUT2D eigenvalue weighted by Crippen LogP contribution is 2.27. The van der Waals surface area contributed by atoms with E-state index in [0.717, 1.165) is 11.4 Å². The Morgan fingerprint density at radius 3 is 2.82 bits per heavy atom. The normalized spacial score (nSPS) is 11.1. The summed E-state index contributed by atoms with van der Waals surface area (Å²) in [4.78, 5) is 16.6. The van der Waals surface area contributed by atoms with E-state index in [2.05, 4.69) is 20.5 Å². The standard InChI is InChI=1S/C19H16FN5OS2/c1-2-25-17(12-6-4-3-5-7-12)23-24-19(25)27-11-16(26)22-18-21-14-9-8-13(20)10-15(14)28-18/h3-10H,2,11H2,1H3,(H,21,22,26). The molecule has 142 valence electrons. The smallest absolute Gasteiger partial charge is 0.236 e. The highest BCUT2D eigenvalue weighted by molar-refractivity contribution is 7.99. The summed E-state index contributed by atoms with van der Waals surface area (Å²) >= 11 is 2.56. The second-order valence-corrected chi connectivity index (χ2v) is 7.86. The van der Waals surface area contributed by atoms with E-state index in [1.807, 2.05) is 41.8 Å². The van der Waals surface area contributed by atoms with Gasteiger partial charge in [0.1, 0.15) is 5.82 Å². The lowest BCUT2D eigenvalue weighted by Gasteiger charge is -2.07. The Morgan fingerprint density at radius 2 is 2.04 bits per heavy atom. The second-order valence-electron chi connectivity index (χ2n) is 5.88. The maximum atomic E-state index is 13.3. The molecule has 0 aliphatic carbocycles. The van der Waals surface area contributed by atoms with Crippen molar-refractivity contribution >= 4 is 44.4 Å². The Kier molecular flexibility index (Phi) is 5.36. The molecule has 0 saturated heterocycles. The van der Waals surface area contributed by atoms with Gasteiger partial charge in [-0.3, -0.25) is 4.79 Å². The monoisotopic (exact) mass is 413 g/mol. The van der Waals surface area contributed by atoms with E-state index in [0.29, 0.717) is 27.0 Å². The maximum Gasteiger partial charge on any atom is 0.236 e. The average molecular weight is 414 g/mol. The Labute approximate surface area is 168 Å². The molecule has 0 radical (unpaired) electrons. The minimum atomic E-state index is -0.322. The molecule has 0 aliphatic rings. The first-order valence-electron chi connectivity index (χ1n) is 8.61. The van der Waals surface area contributed by atoms with Gasteiger partial charge in [-0.1, -0.05) is 53.4 Å². The molecular weight excluding hydrogens is 397 g/mol. The average Bonchev–Trinajstić information content (AvgIpc) is 3.29. The molecule has 1 N–H and O–H groups in total. The number of nitrogens with one attached hydrogen (secondary N) is 1. The van der Waals surface area contributed by atoms with Crippen LogP contribution in [0.3, 0.4) is 0 Å². The molecule has 0 aliphatic heterocycles. The highest BCUT2D eigenvalue weighted by atomic mass is 32.2. The molecular formula is C19H16FN5OS2. The van der Waals surface area contributed by atoms with Crippen LogP contribution in [0.1, 0.15) is 6.92 Å². The fourth-order valence-corrected chi connectivity index (χ4v) is 4.43. The molecule has 9 heteroatoms. The number of thioether (sulfide) groups is 1. The summed E-state index contributed by atoms with van der Waals surface area (Å²) in [5, 5.41) is 12.4. The molecule has 2 heterocycles. The number of rotatable bonds is 6. The fourth-order valence-electron chi connectivity index (χ4n) is 2.72. The van der Waals surface area contributed by atoms with E-state index in [9.17, 15) is 9.18 Å². The summed E-state index contributed by atoms with van der Waals surface area (Å²) in [6, 6.07) is 14.2. The quantitative estimate of drug-likeness (QED) is 0.473. The van der Waals surface area contributed by atoms with Crippen molar-refractivity contribution in [1.82, 2.24) is 19.7 Å². The van der Waals surface area contributed by atoms with E-state index in [1.165, 1.54) is 35.2 Å². The minimum absolute atomic E-state index is 0.178. The zero-order valence-electron chi connectivity index (χ0n) is 14.9. The van der Waals surface area contributed by atoms with E-state index in [-0.39, 0.29) is 17.5 Å². The van der Waals surface area contributed by atoms with Crippen LogP contribution in [-0.4, -0.2) is 31.4 Å². The number of carbonyl (C=O) groups is 1. The lowest BCUT2D eigenvalue weighted by molar-refractivity contribution is -0.113. The molecule has 2 aromatic heterocycles. The zero-order valence-corrected chi connectivity index (χ0v) is 16.6. The summed E-state index contributed by atoms with van der Waals surface area (Å²) in [6.07, 6.45) is 0. The molecule has 1 amide bonds. The summed E-state index contributed by atoms with van der Waals surface area (Å²) < 4.78 is 16.0. The number of aromatic nitrogens is 4. The van der Waals surface area contributed by atoms with Crippen molar-refractivity contribution in [2.45, 2.75) is 18.6 Å². The number of amides is 1. The lowest BCUT2D eigenvalue weighted by Crippen LogP contribution is -2.14. The van der Waals surface area contributed by atoms with Gasteiger partial charge >= 0.3 is 0 Å². The molecule has 0 atom stereocenters. The number of hydrogen-bond donors (Lipinski definition) is 1. The van der Waals surface area contributed by atoms with Crippen LogP contribution in [0.25, 0.3) is 21.6 Å². The van der Waals surface area contributed by atoms with Crippen molar-refractivity contribution in [1.29, 1.82) is 0 Å². The highest BCUT2D eigenvalue weighted by Gasteiger charge is 2.15. The molecule has 0 spiro atoms. The van der Waals surface area contributed by atoms with Crippen molar-refractivity contribution in [2.24, 2.45) is 0 Å².